The first-order chi connectivity index (χ1) is 12.6. The molecule has 1 aliphatic heterocycles. The number of ether oxygens (including phenoxy) is 2. The molecule has 0 bridgehead atoms. The van der Waals surface area contributed by atoms with Gasteiger partial charge in [-0.1, -0.05) is 23.8 Å². The normalized spacial score (nSPS) is 19.8. The van der Waals surface area contributed by atoms with Crippen LogP contribution in [-0.2, 0) is 11.2 Å². The van der Waals surface area contributed by atoms with Crippen LogP contribution in [0.2, 0.25) is 0 Å². The molecule has 1 heterocycles. The van der Waals surface area contributed by atoms with Gasteiger partial charge >= 0.3 is 0 Å². The Morgan fingerprint density at radius 3 is 2.81 bits per heavy atom. The number of amides is 1. The molecule has 134 valence electrons. The van der Waals surface area contributed by atoms with Crippen molar-refractivity contribution in [3.8, 4) is 11.5 Å². The molecule has 0 saturated carbocycles. The Hall–Kier alpha value is -2.82. The largest absolute Gasteiger partial charge is 0.485 e. The fourth-order valence-electron chi connectivity index (χ4n) is 3.61. The Morgan fingerprint density at radius 2 is 1.96 bits per heavy atom. The van der Waals surface area contributed by atoms with Crippen LogP contribution in [0.4, 0.5) is 0 Å². The summed E-state index contributed by atoms with van der Waals surface area (Å²) in [7, 11) is 0. The summed E-state index contributed by atoms with van der Waals surface area (Å²) in [5.74, 6) is 0.958. The number of carbonyl (C=O) groups is 1. The second-order valence-electron chi connectivity index (χ2n) is 6.86. The van der Waals surface area contributed by atoms with Crippen LogP contribution in [0.25, 0.3) is 0 Å². The van der Waals surface area contributed by atoms with E-state index < -0.39 is 6.10 Å². The molecule has 5 heteroatoms. The van der Waals surface area contributed by atoms with Gasteiger partial charge in [0.25, 0.3) is 5.91 Å². The molecule has 2 aromatic carbocycles. The molecule has 0 radical (unpaired) electrons. The van der Waals surface area contributed by atoms with Crippen molar-refractivity contribution in [2.75, 3.05) is 6.61 Å². The van der Waals surface area contributed by atoms with Crippen molar-refractivity contribution >= 4 is 11.6 Å². The average molecular weight is 350 g/mol. The maximum atomic E-state index is 12.5. The molecule has 0 fully saturated rings. The Labute approximate surface area is 153 Å². The first kappa shape index (κ1) is 16.6. The monoisotopic (exact) mass is 350 g/mol. The highest BCUT2D eigenvalue weighted by Crippen LogP contribution is 2.31. The fourth-order valence-corrected chi connectivity index (χ4v) is 3.61. The lowest BCUT2D eigenvalue weighted by atomic mass is 9.86. The van der Waals surface area contributed by atoms with Gasteiger partial charge in [-0.15, -0.1) is 0 Å². The molecule has 26 heavy (non-hydrogen) atoms. The van der Waals surface area contributed by atoms with Gasteiger partial charge in [0, 0.05) is 5.56 Å². The lowest BCUT2D eigenvalue weighted by Gasteiger charge is -2.25. The smallest absolute Gasteiger partial charge is 0.284 e. The van der Waals surface area contributed by atoms with Crippen LogP contribution in [0.5, 0.6) is 11.5 Å². The lowest BCUT2D eigenvalue weighted by molar-refractivity contribution is -0.130. The summed E-state index contributed by atoms with van der Waals surface area (Å²) in [6, 6.07) is 11.7. The van der Waals surface area contributed by atoms with E-state index in [9.17, 15) is 4.79 Å². The van der Waals surface area contributed by atoms with Crippen LogP contribution in [0.1, 0.15) is 35.1 Å². The maximum absolute atomic E-state index is 12.5. The van der Waals surface area contributed by atoms with Crippen molar-refractivity contribution in [1.82, 2.24) is 5.43 Å². The molecule has 0 spiro atoms. The highest BCUT2D eigenvalue weighted by atomic mass is 16.6. The predicted octanol–water partition coefficient (Wildman–Crippen LogP) is 3.30. The van der Waals surface area contributed by atoms with Crippen LogP contribution < -0.4 is 14.9 Å². The molecule has 1 atom stereocenters. The Bertz CT molecular complexity index is 889. The van der Waals surface area contributed by atoms with Crippen molar-refractivity contribution in [2.45, 2.75) is 39.2 Å². The first-order valence-electron chi connectivity index (χ1n) is 8.97. The second-order valence-corrected chi connectivity index (χ2v) is 6.86. The summed E-state index contributed by atoms with van der Waals surface area (Å²) in [5.41, 5.74) is 8.60. The zero-order valence-electron chi connectivity index (χ0n) is 15.0. The van der Waals surface area contributed by atoms with E-state index >= 15 is 0 Å². The van der Waals surface area contributed by atoms with Crippen LogP contribution in [0.3, 0.4) is 0 Å². The van der Waals surface area contributed by atoms with E-state index in [-0.39, 0.29) is 12.5 Å². The number of rotatable bonds is 2. The summed E-state index contributed by atoms with van der Waals surface area (Å²) >= 11 is 0. The molecule has 4 rings (SSSR count). The molecule has 0 saturated heterocycles. The number of para-hydroxylation sites is 2. The van der Waals surface area contributed by atoms with E-state index in [4.69, 9.17) is 9.47 Å². The topological polar surface area (TPSA) is 59.9 Å². The molecule has 1 amide bonds. The van der Waals surface area contributed by atoms with Gasteiger partial charge < -0.3 is 9.47 Å². The molecule has 2 aromatic rings. The molecule has 1 unspecified atom stereocenters. The zero-order valence-corrected chi connectivity index (χ0v) is 15.0. The molecule has 2 aliphatic rings. The van der Waals surface area contributed by atoms with Gasteiger partial charge in [-0.05, 0) is 62.4 Å². The molecule has 0 aromatic heterocycles. The van der Waals surface area contributed by atoms with Crippen molar-refractivity contribution in [3.63, 3.8) is 0 Å². The Morgan fingerprint density at radius 1 is 1.15 bits per heavy atom. The van der Waals surface area contributed by atoms with Gasteiger partial charge in [-0.2, -0.15) is 5.10 Å². The van der Waals surface area contributed by atoms with Crippen LogP contribution in [0.15, 0.2) is 41.5 Å². The van der Waals surface area contributed by atoms with Crippen molar-refractivity contribution in [3.05, 3.63) is 58.7 Å². The number of hydrogen-bond acceptors (Lipinski definition) is 4. The van der Waals surface area contributed by atoms with Crippen molar-refractivity contribution < 1.29 is 14.3 Å². The van der Waals surface area contributed by atoms with Crippen molar-refractivity contribution in [1.29, 1.82) is 0 Å². The van der Waals surface area contributed by atoms with E-state index in [1.165, 1.54) is 16.7 Å². The van der Waals surface area contributed by atoms with E-state index in [0.29, 0.717) is 11.5 Å². The predicted molar refractivity (Wildman–Crippen MR) is 99.9 cm³/mol. The lowest BCUT2D eigenvalue weighted by Crippen LogP contribution is -2.42. The third-order valence-corrected chi connectivity index (χ3v) is 4.87. The Balaban J connectivity index is 1.50. The van der Waals surface area contributed by atoms with Crippen molar-refractivity contribution in [2.24, 2.45) is 5.10 Å². The van der Waals surface area contributed by atoms with Gasteiger partial charge in [-0.25, -0.2) is 5.43 Å². The number of carbonyl (C=O) groups excluding carboxylic acids is 1. The molecule has 5 nitrogen and oxygen atoms in total. The van der Waals surface area contributed by atoms with Crippen LogP contribution in [0, 0.1) is 13.8 Å². The van der Waals surface area contributed by atoms with Crippen LogP contribution >= 0.6 is 0 Å². The highest BCUT2D eigenvalue weighted by Gasteiger charge is 2.27. The number of nitrogens with one attached hydrogen (secondary N) is 1. The quantitative estimate of drug-likeness (QED) is 0.846. The van der Waals surface area contributed by atoms with Gasteiger partial charge in [0.15, 0.2) is 11.5 Å². The fraction of sp³-hybridized carbons (Fsp3) is 0.333. The number of aryl methyl sites for hydroxylation is 2. The molecule has 1 N–H and O–H groups in total. The summed E-state index contributed by atoms with van der Waals surface area (Å²) < 4.78 is 11.3. The number of nitrogens with zero attached hydrogens (tertiary/aromatic N) is 1. The minimum Gasteiger partial charge on any atom is -0.485 e. The average Bonchev–Trinajstić information content (AvgIpc) is 2.65. The van der Waals surface area contributed by atoms with E-state index in [1.54, 1.807) is 6.07 Å². The number of hydrogen-bond donors (Lipinski definition) is 1. The van der Waals surface area contributed by atoms with E-state index in [2.05, 4.69) is 36.5 Å². The number of hydrazone groups is 1. The first-order valence-corrected chi connectivity index (χ1v) is 8.97. The second kappa shape index (κ2) is 6.83. The van der Waals surface area contributed by atoms with Gasteiger partial charge in [0.2, 0.25) is 6.10 Å². The summed E-state index contributed by atoms with van der Waals surface area (Å²) in [4.78, 5) is 12.5. The van der Waals surface area contributed by atoms with E-state index in [0.717, 1.165) is 30.5 Å². The standard InChI is InChI=1S/C21H22N2O3/c1-13-10-14(2)15-6-5-7-17(16(15)11-13)22-23-21(24)20-12-25-18-8-3-4-9-19(18)26-20/h3-4,8-11,20H,5-7,12H2,1-2H3,(H,23,24)/b22-17+. The number of fused-ring (bicyclic) bond motifs is 2. The van der Waals surface area contributed by atoms with Gasteiger partial charge in [0.05, 0.1) is 5.71 Å². The summed E-state index contributed by atoms with van der Waals surface area (Å²) in [6.45, 7) is 4.41. The molecule has 1 aliphatic carbocycles. The summed E-state index contributed by atoms with van der Waals surface area (Å²) in [5, 5.41) is 4.42. The van der Waals surface area contributed by atoms with Gasteiger partial charge in [-0.3, -0.25) is 4.79 Å². The van der Waals surface area contributed by atoms with Crippen LogP contribution in [-0.4, -0.2) is 24.3 Å². The molecular weight excluding hydrogens is 328 g/mol. The maximum Gasteiger partial charge on any atom is 0.284 e. The third-order valence-electron chi connectivity index (χ3n) is 4.87. The molecular formula is C21H22N2O3. The third kappa shape index (κ3) is 3.17. The number of benzene rings is 2. The minimum atomic E-state index is -0.698. The minimum absolute atomic E-state index is 0.183. The zero-order chi connectivity index (χ0) is 18.1. The van der Waals surface area contributed by atoms with E-state index in [1.807, 2.05) is 18.2 Å². The van der Waals surface area contributed by atoms with Gasteiger partial charge in [0.1, 0.15) is 6.61 Å². The summed E-state index contributed by atoms with van der Waals surface area (Å²) in [6.07, 6.45) is 2.27. The highest BCUT2D eigenvalue weighted by molar-refractivity contribution is 6.03. The Kier molecular flexibility index (Phi) is 4.37. The SMILES string of the molecule is Cc1cc(C)c2c(c1)/C(=N/NC(=O)C1COc3ccccc3O1)CCC2.